The first-order chi connectivity index (χ1) is 13.0. The number of ether oxygens (including phenoxy) is 1. The van der Waals surface area contributed by atoms with E-state index in [-0.39, 0.29) is 23.7 Å². The molecule has 0 N–H and O–H groups in total. The molecule has 1 heterocycles. The van der Waals surface area contributed by atoms with E-state index in [2.05, 4.69) is 4.36 Å². The zero-order valence-corrected chi connectivity index (χ0v) is 17.4. The molecule has 156 valence electrons. The van der Waals surface area contributed by atoms with Crippen molar-refractivity contribution in [3.05, 3.63) is 40.4 Å². The Bertz CT molecular complexity index is 773. The molecule has 0 unspecified atom stereocenters. The number of nitrogens with zero attached hydrogens (tertiary/aromatic N) is 3. The molecule has 1 aromatic carbocycles. The summed E-state index contributed by atoms with van der Waals surface area (Å²) in [5, 5.41) is 10.0. The first kappa shape index (κ1) is 23.5. The lowest BCUT2D eigenvalue weighted by atomic mass is 9.91. The van der Waals surface area contributed by atoms with Gasteiger partial charge in [0.05, 0.1) is 11.0 Å². The summed E-state index contributed by atoms with van der Waals surface area (Å²) in [6.07, 6.45) is 1.20. The molecule has 10 heteroatoms. The van der Waals surface area contributed by atoms with Crippen LogP contribution in [0.3, 0.4) is 0 Å². The molecule has 1 aliphatic heterocycles. The fraction of sp³-hybridized carbons (Fsp3) is 0.611. The van der Waals surface area contributed by atoms with Crippen LogP contribution in [0, 0.1) is 16.0 Å². The van der Waals surface area contributed by atoms with Crippen LogP contribution in [0.15, 0.2) is 34.7 Å². The second kappa shape index (κ2) is 10.7. The number of para-hydroxylation sites is 1. The molecule has 1 atom stereocenters. The number of likely N-dealkylation sites (tertiary alicyclic amines) is 1. The number of nitro groups is 1. The van der Waals surface area contributed by atoms with Crippen LogP contribution in [0.1, 0.15) is 40.5 Å². The summed E-state index contributed by atoms with van der Waals surface area (Å²) in [5.74, 6) is 0.205. The predicted molar refractivity (Wildman–Crippen MR) is 104 cm³/mol. The Morgan fingerprint density at radius 2 is 1.79 bits per heavy atom. The molecular weight excluding hydrogens is 386 g/mol. The minimum Gasteiger partial charge on any atom is -0.444 e. The van der Waals surface area contributed by atoms with Gasteiger partial charge in [-0.05, 0) is 46.5 Å². The monoisotopic (exact) mass is 413 g/mol. The number of rotatable bonds is 3. The third kappa shape index (κ3) is 8.94. The predicted octanol–water partition coefficient (Wildman–Crippen LogP) is 3.68. The summed E-state index contributed by atoms with van der Waals surface area (Å²) >= 11 is 0. The second-order valence-electron chi connectivity index (χ2n) is 7.46. The highest BCUT2D eigenvalue weighted by atomic mass is 32.2. The average molecular weight is 413 g/mol. The molecule has 0 radical (unpaired) electrons. The molecule has 1 saturated heterocycles. The van der Waals surface area contributed by atoms with Crippen molar-refractivity contribution in [1.29, 1.82) is 0 Å². The smallest absolute Gasteiger partial charge is 0.410 e. The second-order valence-corrected chi connectivity index (χ2v) is 8.11. The molecule has 0 saturated carbocycles. The number of carbonyl (C=O) groups excluding carboxylic acids is 1. The molecule has 9 nitrogen and oxygen atoms in total. The lowest BCUT2D eigenvalue weighted by molar-refractivity contribution is -0.384. The van der Waals surface area contributed by atoms with E-state index in [9.17, 15) is 23.3 Å². The molecule has 1 fully saturated rings. The summed E-state index contributed by atoms with van der Waals surface area (Å²) in [4.78, 5) is 23.1. The Morgan fingerprint density at radius 3 is 2.18 bits per heavy atom. The van der Waals surface area contributed by atoms with Gasteiger partial charge in [0, 0.05) is 25.2 Å². The number of amides is 1. The molecule has 0 aliphatic carbocycles. The molecule has 1 aliphatic rings. The normalized spacial score (nSPS) is 15.6. The fourth-order valence-electron chi connectivity index (χ4n) is 2.66. The Hall–Kier alpha value is -2.49. The van der Waals surface area contributed by atoms with Crippen molar-refractivity contribution in [3.8, 4) is 0 Å². The lowest BCUT2D eigenvalue weighted by Crippen LogP contribution is -2.43. The van der Waals surface area contributed by atoms with Crippen molar-refractivity contribution >= 4 is 22.3 Å². The van der Waals surface area contributed by atoms with E-state index >= 15 is 0 Å². The summed E-state index contributed by atoms with van der Waals surface area (Å²) in [6.45, 7) is 8.48. The van der Waals surface area contributed by atoms with Gasteiger partial charge < -0.3 is 9.64 Å². The molecular formula is C18H27N3O6S. The lowest BCUT2D eigenvalue weighted by Gasteiger charge is -2.34. The highest BCUT2D eigenvalue weighted by Gasteiger charge is 2.29. The molecule has 0 aromatic heterocycles. The number of hydrogen-bond donors (Lipinski definition) is 0. The molecule has 0 spiro atoms. The Kier molecular flexibility index (Phi) is 9.04. The maximum Gasteiger partial charge on any atom is 0.410 e. The summed E-state index contributed by atoms with van der Waals surface area (Å²) < 4.78 is 30.0. The first-order valence-electron chi connectivity index (χ1n) is 8.97. The average Bonchev–Trinajstić information content (AvgIpc) is 2.61. The van der Waals surface area contributed by atoms with Crippen molar-refractivity contribution in [3.63, 3.8) is 0 Å². The van der Waals surface area contributed by atoms with Crippen molar-refractivity contribution in [2.45, 2.75) is 52.2 Å². The van der Waals surface area contributed by atoms with Crippen LogP contribution >= 0.6 is 0 Å². The standard InChI is InChI=1S/C12H22N2O4S.C6H5NO2/c1-9(13-19(16)17)10-5-7-14(8-6-10)11(15)18-12(2,3)4;8-7(9)6-4-2-1-3-5-6/h9-10H,5-8H2,1-4H3;1-5H/t9-;/m0./s1. The summed E-state index contributed by atoms with van der Waals surface area (Å²) in [7, 11) is -2.36. The van der Waals surface area contributed by atoms with E-state index in [0.29, 0.717) is 13.1 Å². The number of hydrogen-bond acceptors (Lipinski definition) is 7. The number of benzene rings is 1. The first-order valence-corrected chi connectivity index (χ1v) is 10.0. The van der Waals surface area contributed by atoms with Crippen molar-refractivity contribution in [1.82, 2.24) is 4.90 Å². The van der Waals surface area contributed by atoms with Crippen molar-refractivity contribution in [2.75, 3.05) is 13.1 Å². The SMILES string of the molecule is C[C@H](N=S(=O)=O)C1CCN(C(=O)OC(C)(C)C)CC1.O=[N+]([O-])c1ccccc1. The van der Waals surface area contributed by atoms with Crippen LogP contribution in [0.2, 0.25) is 0 Å². The van der Waals surface area contributed by atoms with Crippen LogP contribution in [0.4, 0.5) is 10.5 Å². The molecule has 0 bridgehead atoms. The topological polar surface area (TPSA) is 119 Å². The maximum atomic E-state index is 11.8. The van der Waals surface area contributed by atoms with Gasteiger partial charge in [0.15, 0.2) is 0 Å². The van der Waals surface area contributed by atoms with Crippen LogP contribution in [-0.4, -0.2) is 49.1 Å². The fourth-order valence-corrected chi connectivity index (χ4v) is 3.11. The molecule has 1 amide bonds. The van der Waals surface area contributed by atoms with Gasteiger partial charge in [-0.15, -0.1) is 0 Å². The summed E-state index contributed by atoms with van der Waals surface area (Å²) in [5.41, 5.74) is -0.353. The van der Waals surface area contributed by atoms with Crippen molar-refractivity contribution in [2.24, 2.45) is 10.3 Å². The van der Waals surface area contributed by atoms with Gasteiger partial charge in [0.2, 0.25) is 0 Å². The van der Waals surface area contributed by atoms with E-state index in [1.165, 1.54) is 12.1 Å². The van der Waals surface area contributed by atoms with Gasteiger partial charge in [-0.25, -0.2) is 4.79 Å². The van der Waals surface area contributed by atoms with Crippen LogP contribution in [0.25, 0.3) is 0 Å². The third-order valence-electron chi connectivity index (χ3n) is 4.09. The van der Waals surface area contributed by atoms with Gasteiger partial charge in [-0.3, -0.25) is 10.1 Å². The highest BCUT2D eigenvalue weighted by Crippen LogP contribution is 2.23. The van der Waals surface area contributed by atoms with Crippen LogP contribution in [0.5, 0.6) is 0 Å². The molecule has 28 heavy (non-hydrogen) atoms. The van der Waals surface area contributed by atoms with Gasteiger partial charge >= 0.3 is 16.6 Å². The van der Waals surface area contributed by atoms with Gasteiger partial charge in [0.1, 0.15) is 5.60 Å². The summed E-state index contributed by atoms with van der Waals surface area (Å²) in [6, 6.07) is 7.71. The van der Waals surface area contributed by atoms with E-state index in [0.717, 1.165) is 12.8 Å². The Balaban J connectivity index is 0.000000362. The van der Waals surface area contributed by atoms with Gasteiger partial charge in [-0.2, -0.15) is 12.8 Å². The number of non-ortho nitro benzene ring substituents is 1. The number of nitro benzene ring substituents is 1. The zero-order chi connectivity index (χ0) is 21.3. The molecule has 2 rings (SSSR count). The van der Waals surface area contributed by atoms with Gasteiger partial charge in [-0.1, -0.05) is 18.2 Å². The minimum absolute atomic E-state index is 0.137. The van der Waals surface area contributed by atoms with Gasteiger partial charge in [0.25, 0.3) is 5.69 Å². The molecule has 1 aromatic rings. The van der Waals surface area contributed by atoms with E-state index in [1.807, 2.05) is 20.8 Å². The minimum atomic E-state index is -2.36. The third-order valence-corrected chi connectivity index (χ3v) is 4.60. The van der Waals surface area contributed by atoms with Crippen molar-refractivity contribution < 1.29 is 22.9 Å². The zero-order valence-electron chi connectivity index (χ0n) is 16.6. The quantitative estimate of drug-likeness (QED) is 0.551. The van der Waals surface area contributed by atoms with E-state index < -0.39 is 21.0 Å². The highest BCUT2D eigenvalue weighted by molar-refractivity contribution is 7.61. The number of piperidine rings is 1. The maximum absolute atomic E-state index is 11.8. The largest absolute Gasteiger partial charge is 0.444 e. The van der Waals surface area contributed by atoms with Crippen LogP contribution < -0.4 is 0 Å². The van der Waals surface area contributed by atoms with Crippen LogP contribution in [-0.2, 0) is 15.2 Å². The van der Waals surface area contributed by atoms with E-state index in [4.69, 9.17) is 4.74 Å². The van der Waals surface area contributed by atoms with E-state index in [1.54, 1.807) is 30.0 Å². The Labute approximate surface area is 166 Å². The Morgan fingerprint density at radius 1 is 1.25 bits per heavy atom. The number of carbonyl (C=O) groups is 1.